The van der Waals surface area contributed by atoms with Crippen LogP contribution in [0.2, 0.25) is 10.0 Å². The molecular formula is C20H14Cl2O5. The van der Waals surface area contributed by atoms with Gasteiger partial charge in [0, 0.05) is 16.1 Å². The van der Waals surface area contributed by atoms with E-state index in [0.717, 1.165) is 5.56 Å². The highest BCUT2D eigenvalue weighted by atomic mass is 35.5. The lowest BCUT2D eigenvalue weighted by Gasteiger charge is -2.07. The van der Waals surface area contributed by atoms with Gasteiger partial charge in [-0.15, -0.1) is 0 Å². The number of hydrogen-bond donors (Lipinski definition) is 0. The van der Waals surface area contributed by atoms with Crippen LogP contribution in [0.5, 0.6) is 5.75 Å². The molecule has 1 aromatic heterocycles. The Morgan fingerprint density at radius 1 is 0.963 bits per heavy atom. The van der Waals surface area contributed by atoms with Gasteiger partial charge in [-0.25, -0.2) is 4.79 Å². The highest BCUT2D eigenvalue weighted by Crippen LogP contribution is 2.20. The van der Waals surface area contributed by atoms with Crippen molar-refractivity contribution in [2.75, 3.05) is 0 Å². The molecule has 2 aromatic carbocycles. The molecule has 0 bridgehead atoms. The lowest BCUT2D eigenvalue weighted by atomic mass is 10.2. The molecule has 0 saturated heterocycles. The van der Waals surface area contributed by atoms with Gasteiger partial charge in [0.2, 0.25) is 11.2 Å². The van der Waals surface area contributed by atoms with Gasteiger partial charge in [-0.3, -0.25) is 4.79 Å². The quantitative estimate of drug-likeness (QED) is 0.547. The molecule has 0 N–H and O–H groups in total. The average molecular weight is 405 g/mol. The Morgan fingerprint density at radius 2 is 1.67 bits per heavy atom. The highest BCUT2D eigenvalue weighted by molar-refractivity contribution is 6.35. The fraction of sp³-hybridized carbons (Fsp3) is 0.100. The zero-order valence-electron chi connectivity index (χ0n) is 14.0. The van der Waals surface area contributed by atoms with E-state index in [1.165, 1.54) is 30.5 Å². The van der Waals surface area contributed by atoms with Crippen LogP contribution in [0.3, 0.4) is 0 Å². The summed E-state index contributed by atoms with van der Waals surface area (Å²) in [4.78, 5) is 24.2. The number of ether oxygens (including phenoxy) is 2. The lowest BCUT2D eigenvalue weighted by molar-refractivity contribution is 0.0442. The minimum absolute atomic E-state index is 0.0792. The third-order valence-electron chi connectivity index (χ3n) is 3.53. The van der Waals surface area contributed by atoms with Crippen LogP contribution in [0.4, 0.5) is 0 Å². The molecule has 3 rings (SSSR count). The molecule has 0 unspecified atom stereocenters. The van der Waals surface area contributed by atoms with Gasteiger partial charge >= 0.3 is 5.97 Å². The fourth-order valence-corrected chi connectivity index (χ4v) is 2.77. The minimum atomic E-state index is -0.633. The molecule has 0 aliphatic heterocycles. The van der Waals surface area contributed by atoms with Crippen LogP contribution in [-0.4, -0.2) is 5.97 Å². The van der Waals surface area contributed by atoms with Crippen molar-refractivity contribution in [3.05, 3.63) is 98.0 Å². The van der Waals surface area contributed by atoms with Crippen LogP contribution >= 0.6 is 23.2 Å². The average Bonchev–Trinajstić information content (AvgIpc) is 2.65. The van der Waals surface area contributed by atoms with Gasteiger partial charge in [-0.05, 0) is 23.8 Å². The minimum Gasteiger partial charge on any atom is -0.482 e. The Hall–Kier alpha value is -2.76. The van der Waals surface area contributed by atoms with Crippen LogP contribution in [-0.2, 0) is 18.0 Å². The van der Waals surface area contributed by atoms with Crippen LogP contribution in [0.1, 0.15) is 21.7 Å². The van der Waals surface area contributed by atoms with Crippen molar-refractivity contribution in [1.29, 1.82) is 0 Å². The predicted molar refractivity (Wildman–Crippen MR) is 101 cm³/mol. The van der Waals surface area contributed by atoms with Crippen molar-refractivity contribution < 1.29 is 18.7 Å². The first kappa shape index (κ1) is 19.0. The Morgan fingerprint density at radius 3 is 2.33 bits per heavy atom. The summed E-state index contributed by atoms with van der Waals surface area (Å²) in [7, 11) is 0. The Balaban J connectivity index is 1.60. The Labute approximate surface area is 165 Å². The summed E-state index contributed by atoms with van der Waals surface area (Å²) in [6.45, 7) is 0.0344. The number of hydrogen-bond acceptors (Lipinski definition) is 5. The predicted octanol–water partition coefficient (Wildman–Crippen LogP) is 4.88. The largest absolute Gasteiger partial charge is 0.482 e. The molecule has 138 valence electrons. The van der Waals surface area contributed by atoms with Gasteiger partial charge in [0.15, 0.2) is 0 Å². The number of rotatable bonds is 6. The molecule has 7 heteroatoms. The molecule has 0 saturated carbocycles. The van der Waals surface area contributed by atoms with Crippen LogP contribution < -0.4 is 10.2 Å². The van der Waals surface area contributed by atoms with Crippen molar-refractivity contribution in [2.45, 2.75) is 13.2 Å². The molecule has 1 heterocycles. The maximum absolute atomic E-state index is 12.1. The molecular weight excluding hydrogens is 391 g/mol. The van der Waals surface area contributed by atoms with Gasteiger partial charge < -0.3 is 13.9 Å². The molecule has 0 atom stereocenters. The highest BCUT2D eigenvalue weighted by Gasteiger charge is 2.12. The van der Waals surface area contributed by atoms with Crippen molar-refractivity contribution >= 4 is 29.2 Å². The van der Waals surface area contributed by atoms with Crippen LogP contribution in [0.25, 0.3) is 0 Å². The second kappa shape index (κ2) is 8.75. The summed E-state index contributed by atoms with van der Waals surface area (Å²) in [5, 5.41) is 0.641. The molecule has 0 aliphatic rings. The first-order valence-electron chi connectivity index (χ1n) is 7.93. The molecule has 0 aliphatic carbocycles. The SMILES string of the molecule is O=C(OCc1cc(=O)c(OCc2ccccc2)co1)c1cc(Cl)cc(Cl)c1. The summed E-state index contributed by atoms with van der Waals surface area (Å²) in [5.41, 5.74) is 0.766. The number of carbonyl (C=O) groups is 1. The second-order valence-corrected chi connectivity index (χ2v) is 6.46. The summed E-state index contributed by atoms with van der Waals surface area (Å²) in [6.07, 6.45) is 1.20. The number of esters is 1. The maximum atomic E-state index is 12.1. The molecule has 0 radical (unpaired) electrons. The van der Waals surface area contributed by atoms with E-state index in [1.807, 2.05) is 30.3 Å². The van der Waals surface area contributed by atoms with Gasteiger partial charge in [-0.2, -0.15) is 0 Å². The van der Waals surface area contributed by atoms with Gasteiger partial charge in [0.05, 0.1) is 5.56 Å². The van der Waals surface area contributed by atoms with Crippen LogP contribution in [0.15, 0.2) is 70.1 Å². The fourth-order valence-electron chi connectivity index (χ4n) is 2.25. The summed E-state index contributed by atoms with van der Waals surface area (Å²) in [5.74, 6) is -0.365. The van der Waals surface area contributed by atoms with Crippen molar-refractivity contribution in [2.24, 2.45) is 0 Å². The first-order chi connectivity index (χ1) is 13.0. The number of halogens is 2. The normalized spacial score (nSPS) is 10.4. The van der Waals surface area contributed by atoms with Crippen molar-refractivity contribution in [3.8, 4) is 5.75 Å². The van der Waals surface area contributed by atoms with Gasteiger partial charge in [0.1, 0.15) is 25.2 Å². The van der Waals surface area contributed by atoms with E-state index >= 15 is 0 Å². The summed E-state index contributed by atoms with van der Waals surface area (Å²) in [6, 6.07) is 15.0. The maximum Gasteiger partial charge on any atom is 0.338 e. The molecule has 0 fully saturated rings. The van der Waals surface area contributed by atoms with Gasteiger partial charge in [-0.1, -0.05) is 53.5 Å². The summed E-state index contributed by atoms with van der Waals surface area (Å²) >= 11 is 11.7. The van der Waals surface area contributed by atoms with E-state index in [9.17, 15) is 9.59 Å². The number of carbonyl (C=O) groups excluding carboxylic acids is 1. The van der Waals surface area contributed by atoms with Crippen LogP contribution in [0, 0.1) is 0 Å². The Kier molecular flexibility index (Phi) is 6.16. The number of benzene rings is 2. The molecule has 3 aromatic rings. The van der Waals surface area contributed by atoms with E-state index < -0.39 is 5.97 Å². The van der Waals surface area contributed by atoms with E-state index in [-0.39, 0.29) is 35.7 Å². The lowest BCUT2D eigenvalue weighted by Crippen LogP contribution is -2.10. The van der Waals surface area contributed by atoms with Crippen molar-refractivity contribution in [1.82, 2.24) is 0 Å². The van der Waals surface area contributed by atoms with Crippen molar-refractivity contribution in [3.63, 3.8) is 0 Å². The first-order valence-corrected chi connectivity index (χ1v) is 8.68. The molecule has 0 amide bonds. The summed E-state index contributed by atoms with van der Waals surface area (Å²) < 4.78 is 15.9. The molecule has 0 spiro atoms. The smallest absolute Gasteiger partial charge is 0.338 e. The monoisotopic (exact) mass is 404 g/mol. The second-order valence-electron chi connectivity index (χ2n) is 5.58. The zero-order chi connectivity index (χ0) is 19.2. The molecule has 27 heavy (non-hydrogen) atoms. The molecule has 5 nitrogen and oxygen atoms in total. The third kappa shape index (κ3) is 5.36. The standard InChI is InChI=1S/C20H14Cl2O5/c21-15-6-14(7-16(22)8-15)20(24)27-11-17-9-18(23)19(12-25-17)26-10-13-4-2-1-3-5-13/h1-9,12H,10-11H2. The van der Waals surface area contributed by atoms with E-state index in [4.69, 9.17) is 37.1 Å². The topological polar surface area (TPSA) is 65.7 Å². The van der Waals surface area contributed by atoms with E-state index in [0.29, 0.717) is 10.0 Å². The van der Waals surface area contributed by atoms with Gasteiger partial charge in [0.25, 0.3) is 0 Å². The van der Waals surface area contributed by atoms with E-state index in [2.05, 4.69) is 0 Å². The van der Waals surface area contributed by atoms with E-state index in [1.54, 1.807) is 0 Å². The Bertz CT molecular complexity index is 979. The zero-order valence-corrected chi connectivity index (χ0v) is 15.5. The third-order valence-corrected chi connectivity index (χ3v) is 3.97.